The molecule has 0 amide bonds. The zero-order valence-electron chi connectivity index (χ0n) is 14.5. The molecule has 24 heavy (non-hydrogen) atoms. The second-order valence-electron chi connectivity index (χ2n) is 6.75. The van der Waals surface area contributed by atoms with Crippen LogP contribution >= 0.6 is 0 Å². The molecule has 0 saturated carbocycles. The van der Waals surface area contributed by atoms with Crippen molar-refractivity contribution in [3.8, 4) is 0 Å². The van der Waals surface area contributed by atoms with Gasteiger partial charge in [0.05, 0.1) is 6.10 Å². The van der Waals surface area contributed by atoms with Crippen molar-refractivity contribution >= 4 is 10.2 Å². The minimum Gasteiger partial charge on any atom is -0.381 e. The highest BCUT2D eigenvalue weighted by molar-refractivity contribution is 7.86. The van der Waals surface area contributed by atoms with E-state index in [0.717, 1.165) is 31.6 Å². The van der Waals surface area contributed by atoms with Crippen molar-refractivity contribution in [2.45, 2.75) is 25.1 Å². The quantitative estimate of drug-likeness (QED) is 0.766. The molecular weight excluding hydrogens is 328 g/mol. The molecule has 2 aliphatic heterocycles. The number of fused-ring (bicyclic) bond motifs is 1. The lowest BCUT2D eigenvalue weighted by molar-refractivity contribution is 0.00122. The third-order valence-corrected chi connectivity index (χ3v) is 7.05. The number of piperidine rings is 1. The fraction of sp³-hybridized carbons (Fsp3) is 0.688. The zero-order valence-corrected chi connectivity index (χ0v) is 15.3. The van der Waals surface area contributed by atoms with E-state index in [2.05, 4.69) is 16.0 Å². The highest BCUT2D eigenvalue weighted by atomic mass is 32.2. The summed E-state index contributed by atoms with van der Waals surface area (Å²) in [6.07, 6.45) is 4.48. The lowest BCUT2D eigenvalue weighted by Gasteiger charge is -2.40. The molecule has 1 aromatic heterocycles. The topological polar surface area (TPSA) is 66.0 Å². The molecule has 0 unspecified atom stereocenters. The van der Waals surface area contributed by atoms with Gasteiger partial charge in [-0.25, -0.2) is 0 Å². The summed E-state index contributed by atoms with van der Waals surface area (Å²) in [5, 5.41) is 0. The summed E-state index contributed by atoms with van der Waals surface area (Å²) in [6, 6.07) is 3.95. The normalized spacial score (nSPS) is 29.1. The number of ether oxygens (including phenoxy) is 1. The number of hydrogen-bond donors (Lipinski definition) is 0. The average Bonchev–Trinajstić information content (AvgIpc) is 2.97. The highest BCUT2D eigenvalue weighted by Gasteiger charge is 2.48. The van der Waals surface area contributed by atoms with Gasteiger partial charge in [-0.3, -0.25) is 9.88 Å². The number of nitrogens with zero attached hydrogens (tertiary/aromatic N) is 4. The molecule has 3 rings (SSSR count). The molecule has 8 heteroatoms. The first kappa shape index (κ1) is 17.8. The summed E-state index contributed by atoms with van der Waals surface area (Å²) in [7, 11) is 1.50. The Balaban J connectivity index is 1.79. The Morgan fingerprint density at radius 2 is 2.17 bits per heavy atom. The highest BCUT2D eigenvalue weighted by Crippen LogP contribution is 2.35. The summed E-state index contributed by atoms with van der Waals surface area (Å²) in [6.45, 7) is 2.87. The van der Waals surface area contributed by atoms with Crippen molar-refractivity contribution in [3.05, 3.63) is 30.1 Å². The molecule has 0 aromatic carbocycles. The van der Waals surface area contributed by atoms with Crippen molar-refractivity contribution in [3.63, 3.8) is 0 Å². The van der Waals surface area contributed by atoms with Crippen LogP contribution in [-0.4, -0.2) is 79.9 Å². The number of methoxy groups -OCH3 is 1. The van der Waals surface area contributed by atoms with Crippen LogP contribution in [0.4, 0.5) is 0 Å². The predicted molar refractivity (Wildman–Crippen MR) is 91.5 cm³/mol. The van der Waals surface area contributed by atoms with Crippen molar-refractivity contribution in [1.29, 1.82) is 0 Å². The molecule has 0 spiro atoms. The predicted octanol–water partition coefficient (Wildman–Crippen LogP) is 0.409. The molecule has 0 aliphatic carbocycles. The largest absolute Gasteiger partial charge is 0.381 e. The van der Waals surface area contributed by atoms with E-state index in [4.69, 9.17) is 4.74 Å². The van der Waals surface area contributed by atoms with Crippen molar-refractivity contribution < 1.29 is 13.2 Å². The van der Waals surface area contributed by atoms with Gasteiger partial charge in [0.15, 0.2) is 0 Å². The molecule has 2 saturated heterocycles. The van der Waals surface area contributed by atoms with E-state index in [1.807, 2.05) is 12.3 Å². The number of aromatic nitrogens is 1. The maximum Gasteiger partial charge on any atom is 0.281 e. The number of likely N-dealkylation sites (tertiary alicyclic amines) is 1. The van der Waals surface area contributed by atoms with Gasteiger partial charge in [0, 0.05) is 71.7 Å². The first-order valence-corrected chi connectivity index (χ1v) is 9.66. The fourth-order valence-corrected chi connectivity index (χ4v) is 5.19. The Labute approximate surface area is 144 Å². The van der Waals surface area contributed by atoms with Gasteiger partial charge >= 0.3 is 0 Å². The van der Waals surface area contributed by atoms with Crippen LogP contribution in [0.5, 0.6) is 0 Å². The third kappa shape index (κ3) is 3.34. The Morgan fingerprint density at radius 1 is 1.38 bits per heavy atom. The van der Waals surface area contributed by atoms with E-state index < -0.39 is 10.2 Å². The first-order valence-electron chi connectivity index (χ1n) is 8.27. The lowest BCUT2D eigenvalue weighted by atomic mass is 9.91. The van der Waals surface area contributed by atoms with Crippen molar-refractivity contribution in [1.82, 2.24) is 18.5 Å². The molecule has 134 valence electrons. The standard InChI is InChI=1S/C16H26N4O3S/c1-18(2)24(21,22)20-8-6-16(23-3)14-11-19(12-15(14)20)10-13-5-4-7-17-9-13/h4-5,7,9,14-16H,6,8,10-12H2,1-3H3/t14-,15+,16-/m1/s1. The smallest absolute Gasteiger partial charge is 0.281 e. The van der Waals surface area contributed by atoms with Gasteiger partial charge in [0.1, 0.15) is 0 Å². The molecule has 0 bridgehead atoms. The maximum atomic E-state index is 12.7. The molecule has 1 aromatic rings. The second-order valence-corrected chi connectivity index (χ2v) is 8.85. The van der Waals surface area contributed by atoms with Gasteiger partial charge in [0.25, 0.3) is 10.2 Å². The minimum atomic E-state index is -3.41. The van der Waals surface area contributed by atoms with Crippen molar-refractivity contribution in [2.24, 2.45) is 5.92 Å². The Morgan fingerprint density at radius 3 is 2.79 bits per heavy atom. The molecule has 2 fully saturated rings. The summed E-state index contributed by atoms with van der Waals surface area (Å²) >= 11 is 0. The Hall–Kier alpha value is -1.06. The van der Waals surface area contributed by atoms with Gasteiger partial charge in [-0.15, -0.1) is 0 Å². The van der Waals surface area contributed by atoms with E-state index in [0.29, 0.717) is 6.54 Å². The number of pyridine rings is 1. The van der Waals surface area contributed by atoms with Crippen LogP contribution in [0.1, 0.15) is 12.0 Å². The van der Waals surface area contributed by atoms with E-state index in [1.54, 1.807) is 31.7 Å². The Bertz CT molecular complexity index is 653. The van der Waals surface area contributed by atoms with E-state index in [1.165, 1.54) is 4.31 Å². The van der Waals surface area contributed by atoms with Crippen LogP contribution in [0, 0.1) is 5.92 Å². The zero-order chi connectivity index (χ0) is 17.3. The van der Waals surface area contributed by atoms with Crippen LogP contribution in [-0.2, 0) is 21.5 Å². The second kappa shape index (κ2) is 7.05. The summed E-state index contributed by atoms with van der Waals surface area (Å²) in [4.78, 5) is 6.47. The maximum absolute atomic E-state index is 12.7. The number of rotatable bonds is 5. The summed E-state index contributed by atoms with van der Waals surface area (Å²) in [5.41, 5.74) is 1.15. The van der Waals surface area contributed by atoms with Gasteiger partial charge in [-0.1, -0.05) is 6.07 Å². The molecule has 2 aliphatic rings. The molecule has 3 heterocycles. The van der Waals surface area contributed by atoms with E-state index in [9.17, 15) is 8.42 Å². The van der Waals surface area contributed by atoms with Crippen LogP contribution in [0.2, 0.25) is 0 Å². The monoisotopic (exact) mass is 354 g/mol. The van der Waals surface area contributed by atoms with Crippen molar-refractivity contribution in [2.75, 3.05) is 40.8 Å². The number of hydrogen-bond acceptors (Lipinski definition) is 5. The fourth-order valence-electron chi connectivity index (χ4n) is 3.87. The molecule has 3 atom stereocenters. The van der Waals surface area contributed by atoms with Gasteiger partial charge in [-0.2, -0.15) is 17.0 Å². The SMILES string of the molecule is CO[C@@H]1CCN(S(=O)(=O)N(C)C)[C@H]2CN(Cc3cccnc3)C[C@@H]12. The lowest BCUT2D eigenvalue weighted by Crippen LogP contribution is -2.56. The van der Waals surface area contributed by atoms with Gasteiger partial charge < -0.3 is 4.74 Å². The first-order chi connectivity index (χ1) is 11.4. The molecule has 0 radical (unpaired) electrons. The minimum absolute atomic E-state index is 0.0345. The van der Waals surface area contributed by atoms with Gasteiger partial charge in [0.2, 0.25) is 0 Å². The third-order valence-electron chi connectivity index (χ3n) is 5.08. The summed E-state index contributed by atoms with van der Waals surface area (Å²) in [5.74, 6) is 0.204. The average molecular weight is 354 g/mol. The molecule has 0 N–H and O–H groups in total. The van der Waals surface area contributed by atoms with Crippen LogP contribution in [0.25, 0.3) is 0 Å². The van der Waals surface area contributed by atoms with E-state index >= 15 is 0 Å². The van der Waals surface area contributed by atoms with Crippen LogP contribution < -0.4 is 0 Å². The van der Waals surface area contributed by atoms with Gasteiger partial charge in [-0.05, 0) is 18.1 Å². The van der Waals surface area contributed by atoms with Crippen LogP contribution in [0.15, 0.2) is 24.5 Å². The Kier molecular flexibility index (Phi) is 5.22. The molecule has 7 nitrogen and oxygen atoms in total. The van der Waals surface area contributed by atoms with Crippen LogP contribution in [0.3, 0.4) is 0 Å². The van der Waals surface area contributed by atoms with E-state index in [-0.39, 0.29) is 18.1 Å². The summed E-state index contributed by atoms with van der Waals surface area (Å²) < 4.78 is 34.0. The molecular formula is C16H26N4O3S.